The summed E-state index contributed by atoms with van der Waals surface area (Å²) in [6.45, 7) is 3.19. The summed E-state index contributed by atoms with van der Waals surface area (Å²) >= 11 is 3.54. The monoisotopic (exact) mass is 344 g/mol. The molecule has 2 nitrogen and oxygen atoms in total. The maximum absolute atomic E-state index is 3.54. The molecule has 0 bridgehead atoms. The minimum atomic E-state index is 0.645. The summed E-state index contributed by atoms with van der Waals surface area (Å²) in [4.78, 5) is 2.41. The Kier molecular flexibility index (Phi) is 4.61. The third kappa shape index (κ3) is 3.66. The minimum absolute atomic E-state index is 0.645. The normalized spacial score (nSPS) is 16.8. The molecule has 2 aromatic carbocycles. The number of hydrogen-bond donors (Lipinski definition) is 1. The van der Waals surface area contributed by atoms with Crippen molar-refractivity contribution in [3.05, 3.63) is 64.1 Å². The van der Waals surface area contributed by atoms with Crippen molar-refractivity contribution in [1.29, 1.82) is 0 Å². The number of para-hydroxylation sites is 1. The van der Waals surface area contributed by atoms with Crippen molar-refractivity contribution in [2.75, 3.05) is 25.5 Å². The van der Waals surface area contributed by atoms with E-state index in [-0.39, 0.29) is 0 Å². The Balaban J connectivity index is 1.54. The maximum atomic E-state index is 3.54. The van der Waals surface area contributed by atoms with Gasteiger partial charge in [0, 0.05) is 29.2 Å². The van der Waals surface area contributed by atoms with Crippen LogP contribution in [0.3, 0.4) is 0 Å². The van der Waals surface area contributed by atoms with Gasteiger partial charge in [0.1, 0.15) is 0 Å². The van der Waals surface area contributed by atoms with Crippen LogP contribution in [-0.2, 0) is 6.54 Å². The van der Waals surface area contributed by atoms with Crippen LogP contribution < -0.4 is 5.32 Å². The molecule has 0 radical (unpaired) electrons. The molecule has 110 valence electrons. The SMILES string of the molecule is CN(CCC1CNc2ccccc21)Cc1cccc(Br)c1. The van der Waals surface area contributed by atoms with Crippen molar-refractivity contribution in [2.24, 2.45) is 0 Å². The first-order valence-corrected chi connectivity index (χ1v) is 8.27. The molecule has 0 aliphatic carbocycles. The Morgan fingerprint density at radius 1 is 1.19 bits per heavy atom. The molecule has 3 heteroatoms. The van der Waals surface area contributed by atoms with E-state index >= 15 is 0 Å². The van der Waals surface area contributed by atoms with Crippen LogP contribution in [0.1, 0.15) is 23.5 Å². The summed E-state index contributed by atoms with van der Waals surface area (Å²) in [6.07, 6.45) is 1.20. The first-order chi connectivity index (χ1) is 10.2. The van der Waals surface area contributed by atoms with E-state index < -0.39 is 0 Å². The second-order valence-electron chi connectivity index (χ2n) is 5.82. The minimum Gasteiger partial charge on any atom is -0.384 e. The summed E-state index contributed by atoms with van der Waals surface area (Å²) in [5.74, 6) is 0.645. The van der Waals surface area contributed by atoms with Gasteiger partial charge in [-0.05, 0) is 49.3 Å². The van der Waals surface area contributed by atoms with Crippen LogP contribution >= 0.6 is 15.9 Å². The maximum Gasteiger partial charge on any atom is 0.0376 e. The van der Waals surface area contributed by atoms with Crippen molar-refractivity contribution < 1.29 is 0 Å². The van der Waals surface area contributed by atoms with E-state index in [2.05, 4.69) is 81.7 Å². The lowest BCUT2D eigenvalue weighted by Gasteiger charge is -2.19. The predicted molar refractivity (Wildman–Crippen MR) is 92.8 cm³/mol. The van der Waals surface area contributed by atoms with Gasteiger partial charge in [-0.25, -0.2) is 0 Å². The average Bonchev–Trinajstić information content (AvgIpc) is 2.88. The van der Waals surface area contributed by atoms with Crippen molar-refractivity contribution in [2.45, 2.75) is 18.9 Å². The molecule has 1 aliphatic rings. The number of nitrogens with one attached hydrogen (secondary N) is 1. The average molecular weight is 345 g/mol. The van der Waals surface area contributed by atoms with E-state index in [1.54, 1.807) is 0 Å². The third-order valence-electron chi connectivity index (χ3n) is 4.14. The van der Waals surface area contributed by atoms with E-state index in [9.17, 15) is 0 Å². The van der Waals surface area contributed by atoms with Crippen molar-refractivity contribution >= 4 is 21.6 Å². The summed E-state index contributed by atoms with van der Waals surface area (Å²) in [6, 6.07) is 17.2. The van der Waals surface area contributed by atoms with Gasteiger partial charge in [-0.3, -0.25) is 0 Å². The van der Waals surface area contributed by atoms with Gasteiger partial charge in [-0.2, -0.15) is 0 Å². The molecule has 0 saturated carbocycles. The van der Waals surface area contributed by atoms with Crippen LogP contribution in [-0.4, -0.2) is 25.0 Å². The van der Waals surface area contributed by atoms with Gasteiger partial charge in [0.05, 0.1) is 0 Å². The third-order valence-corrected chi connectivity index (χ3v) is 4.63. The number of halogens is 1. The lowest BCUT2D eigenvalue weighted by molar-refractivity contribution is 0.313. The quantitative estimate of drug-likeness (QED) is 0.860. The Hall–Kier alpha value is -1.32. The molecule has 2 aromatic rings. The number of fused-ring (bicyclic) bond motifs is 1. The lowest BCUT2D eigenvalue weighted by Crippen LogP contribution is -2.21. The molecule has 0 amide bonds. The zero-order chi connectivity index (χ0) is 14.7. The molecular formula is C18H21BrN2. The molecule has 1 atom stereocenters. The molecule has 0 fully saturated rings. The zero-order valence-electron chi connectivity index (χ0n) is 12.3. The lowest BCUT2D eigenvalue weighted by atomic mass is 9.98. The molecule has 0 aromatic heterocycles. The summed E-state index contributed by atoms with van der Waals surface area (Å²) in [5, 5.41) is 3.51. The summed E-state index contributed by atoms with van der Waals surface area (Å²) in [5.41, 5.74) is 4.15. The number of hydrogen-bond acceptors (Lipinski definition) is 2. The van der Waals surface area contributed by atoms with Gasteiger partial charge >= 0.3 is 0 Å². The first-order valence-electron chi connectivity index (χ1n) is 7.48. The molecule has 1 N–H and O–H groups in total. The molecule has 1 unspecified atom stereocenters. The van der Waals surface area contributed by atoms with Gasteiger partial charge in [0.15, 0.2) is 0 Å². The van der Waals surface area contributed by atoms with Crippen molar-refractivity contribution in [3.8, 4) is 0 Å². The summed E-state index contributed by atoms with van der Waals surface area (Å²) in [7, 11) is 2.20. The highest BCUT2D eigenvalue weighted by Crippen LogP contribution is 2.33. The molecule has 1 aliphatic heterocycles. The second-order valence-corrected chi connectivity index (χ2v) is 6.74. The van der Waals surface area contributed by atoms with E-state index in [1.165, 1.54) is 23.2 Å². The fraction of sp³-hybridized carbons (Fsp3) is 0.333. The van der Waals surface area contributed by atoms with Crippen molar-refractivity contribution in [3.63, 3.8) is 0 Å². The second kappa shape index (κ2) is 6.63. The number of benzene rings is 2. The number of nitrogens with zero attached hydrogens (tertiary/aromatic N) is 1. The zero-order valence-corrected chi connectivity index (χ0v) is 13.9. The van der Waals surface area contributed by atoms with E-state index in [0.717, 1.165) is 24.1 Å². The van der Waals surface area contributed by atoms with E-state index in [1.807, 2.05) is 0 Å². The summed E-state index contributed by atoms with van der Waals surface area (Å²) < 4.78 is 1.15. The number of anilines is 1. The highest BCUT2D eigenvalue weighted by atomic mass is 79.9. The van der Waals surface area contributed by atoms with Crippen molar-refractivity contribution in [1.82, 2.24) is 4.90 Å². The molecule has 21 heavy (non-hydrogen) atoms. The molecule has 1 heterocycles. The highest BCUT2D eigenvalue weighted by molar-refractivity contribution is 9.10. The molecule has 0 saturated heterocycles. The Bertz CT molecular complexity index is 612. The van der Waals surface area contributed by atoms with Gasteiger partial charge in [0.25, 0.3) is 0 Å². The molecule has 3 rings (SSSR count). The topological polar surface area (TPSA) is 15.3 Å². The van der Waals surface area contributed by atoms with Gasteiger partial charge < -0.3 is 10.2 Å². The fourth-order valence-corrected chi connectivity index (χ4v) is 3.46. The first kappa shape index (κ1) is 14.6. The Morgan fingerprint density at radius 2 is 2.05 bits per heavy atom. The molecular weight excluding hydrogens is 324 g/mol. The number of rotatable bonds is 5. The Morgan fingerprint density at radius 3 is 2.90 bits per heavy atom. The van der Waals surface area contributed by atoms with Crippen LogP contribution in [0.4, 0.5) is 5.69 Å². The van der Waals surface area contributed by atoms with E-state index in [0.29, 0.717) is 5.92 Å². The standard InChI is InChI=1S/C18H21BrN2/c1-21(13-14-5-4-6-16(19)11-14)10-9-15-12-20-18-8-3-2-7-17(15)18/h2-8,11,15,20H,9-10,12-13H2,1H3. The van der Waals surface area contributed by atoms with Gasteiger partial charge in [-0.15, -0.1) is 0 Å². The van der Waals surface area contributed by atoms with Crippen LogP contribution in [0.25, 0.3) is 0 Å². The largest absolute Gasteiger partial charge is 0.384 e. The van der Waals surface area contributed by atoms with Crippen LogP contribution in [0.2, 0.25) is 0 Å². The highest BCUT2D eigenvalue weighted by Gasteiger charge is 2.21. The fourth-order valence-electron chi connectivity index (χ4n) is 3.02. The van der Waals surface area contributed by atoms with Gasteiger partial charge in [-0.1, -0.05) is 46.3 Å². The van der Waals surface area contributed by atoms with E-state index in [4.69, 9.17) is 0 Å². The van der Waals surface area contributed by atoms with Crippen LogP contribution in [0, 0.1) is 0 Å². The van der Waals surface area contributed by atoms with Crippen LogP contribution in [0.5, 0.6) is 0 Å². The smallest absolute Gasteiger partial charge is 0.0376 e. The van der Waals surface area contributed by atoms with Gasteiger partial charge in [0.2, 0.25) is 0 Å². The Labute approximate surface area is 135 Å². The van der Waals surface area contributed by atoms with Crippen LogP contribution in [0.15, 0.2) is 53.0 Å². The molecule has 0 spiro atoms. The predicted octanol–water partition coefficient (Wildman–Crippen LogP) is 4.48.